The zero-order valence-corrected chi connectivity index (χ0v) is 13.9. The number of aromatic nitrogens is 4. The first-order chi connectivity index (χ1) is 12.0. The summed E-state index contributed by atoms with van der Waals surface area (Å²) in [5.74, 6) is -0.608. The zero-order chi connectivity index (χ0) is 18.0. The lowest BCUT2D eigenvalue weighted by atomic mass is 10.1. The van der Waals surface area contributed by atoms with Gasteiger partial charge in [-0.3, -0.25) is 14.2 Å². The lowest BCUT2D eigenvalue weighted by Crippen LogP contribution is -2.35. The number of ether oxygens (including phenoxy) is 3. The largest absolute Gasteiger partial charge is 0.462 e. The summed E-state index contributed by atoms with van der Waals surface area (Å²) < 4.78 is 18.0. The van der Waals surface area contributed by atoms with E-state index < -0.39 is 24.1 Å². The van der Waals surface area contributed by atoms with Gasteiger partial charge in [-0.1, -0.05) is 0 Å². The van der Waals surface area contributed by atoms with Crippen molar-refractivity contribution in [2.75, 3.05) is 12.3 Å². The molecule has 0 amide bonds. The van der Waals surface area contributed by atoms with E-state index in [0.29, 0.717) is 29.8 Å². The predicted molar refractivity (Wildman–Crippen MR) is 85.1 cm³/mol. The van der Waals surface area contributed by atoms with Crippen LogP contribution in [0.3, 0.4) is 0 Å². The highest BCUT2D eigenvalue weighted by molar-refractivity contribution is 5.81. The molecule has 3 heterocycles. The molecule has 0 radical (unpaired) electrons. The molecule has 1 aliphatic rings. The van der Waals surface area contributed by atoms with E-state index in [2.05, 4.69) is 15.0 Å². The van der Waals surface area contributed by atoms with Crippen molar-refractivity contribution in [2.24, 2.45) is 0 Å². The first kappa shape index (κ1) is 17.1. The molecule has 134 valence electrons. The summed E-state index contributed by atoms with van der Waals surface area (Å²) in [4.78, 5) is 34.7. The molecule has 10 nitrogen and oxygen atoms in total. The molecule has 10 heteroatoms. The zero-order valence-electron chi connectivity index (χ0n) is 13.9. The van der Waals surface area contributed by atoms with E-state index in [0.717, 1.165) is 0 Å². The van der Waals surface area contributed by atoms with Crippen molar-refractivity contribution in [1.82, 2.24) is 19.5 Å². The third-order valence-electron chi connectivity index (χ3n) is 3.91. The summed E-state index contributed by atoms with van der Waals surface area (Å²) in [5, 5.41) is 0. The highest BCUT2D eigenvalue weighted by Gasteiger charge is 2.36. The maximum absolute atomic E-state index is 11.3. The van der Waals surface area contributed by atoms with Gasteiger partial charge in [0, 0.05) is 13.8 Å². The predicted octanol–water partition coefficient (Wildman–Crippen LogP) is 0.581. The number of fused-ring (bicyclic) bond motifs is 1. The fourth-order valence-corrected chi connectivity index (χ4v) is 2.83. The smallest absolute Gasteiger partial charge is 0.303 e. The molecule has 0 unspecified atom stereocenters. The van der Waals surface area contributed by atoms with Crippen molar-refractivity contribution in [3.8, 4) is 0 Å². The number of anilines is 1. The highest BCUT2D eigenvalue weighted by Crippen LogP contribution is 2.33. The van der Waals surface area contributed by atoms with Gasteiger partial charge in [-0.25, -0.2) is 15.0 Å². The van der Waals surface area contributed by atoms with E-state index in [9.17, 15) is 9.59 Å². The fraction of sp³-hybridized carbons (Fsp3) is 0.533. The third kappa shape index (κ3) is 3.68. The first-order valence-electron chi connectivity index (χ1n) is 7.84. The molecular weight excluding hydrogens is 330 g/mol. The molecule has 0 saturated carbocycles. The number of esters is 2. The van der Waals surface area contributed by atoms with Crippen molar-refractivity contribution >= 4 is 28.9 Å². The number of nitrogens with zero attached hydrogens (tertiary/aromatic N) is 4. The summed E-state index contributed by atoms with van der Waals surface area (Å²) in [6.07, 6.45) is 2.85. The Morgan fingerprint density at radius 3 is 2.84 bits per heavy atom. The van der Waals surface area contributed by atoms with Crippen LogP contribution in [-0.4, -0.2) is 50.3 Å². The molecule has 0 bridgehead atoms. The number of hydrogen-bond donors (Lipinski definition) is 1. The van der Waals surface area contributed by atoms with Gasteiger partial charge < -0.3 is 19.9 Å². The second kappa shape index (κ2) is 7.01. The van der Waals surface area contributed by atoms with Crippen molar-refractivity contribution in [1.29, 1.82) is 0 Å². The second-order valence-electron chi connectivity index (χ2n) is 5.74. The van der Waals surface area contributed by atoms with Crippen LogP contribution in [-0.2, 0) is 23.8 Å². The number of nitrogen functional groups attached to an aromatic ring is 1. The Labute approximate surface area is 143 Å². The van der Waals surface area contributed by atoms with Gasteiger partial charge in [0.1, 0.15) is 30.8 Å². The van der Waals surface area contributed by atoms with E-state index in [1.54, 1.807) is 10.9 Å². The van der Waals surface area contributed by atoms with Crippen LogP contribution in [0.25, 0.3) is 11.2 Å². The van der Waals surface area contributed by atoms with Crippen LogP contribution in [0.1, 0.15) is 32.9 Å². The quantitative estimate of drug-likeness (QED) is 0.770. The second-order valence-corrected chi connectivity index (χ2v) is 5.74. The van der Waals surface area contributed by atoms with Crippen LogP contribution in [0, 0.1) is 0 Å². The maximum Gasteiger partial charge on any atom is 0.303 e. The lowest BCUT2D eigenvalue weighted by molar-refractivity contribution is -0.167. The number of imidazole rings is 1. The first-order valence-corrected chi connectivity index (χ1v) is 7.84. The third-order valence-corrected chi connectivity index (χ3v) is 3.91. The Bertz CT molecular complexity index is 792. The van der Waals surface area contributed by atoms with Gasteiger partial charge in [-0.05, 0) is 12.8 Å². The van der Waals surface area contributed by atoms with E-state index >= 15 is 0 Å². The SMILES string of the molecule is CC(=O)OC[C@@H](OC(C)=O)[C@@H]1CC[C@H](n2cnc3c(N)ncnc32)O1. The van der Waals surface area contributed by atoms with Crippen molar-refractivity contribution < 1.29 is 23.8 Å². The number of carbonyl (C=O) groups is 2. The number of hydrogen-bond acceptors (Lipinski definition) is 9. The average Bonchev–Trinajstić information content (AvgIpc) is 3.18. The molecule has 0 aliphatic carbocycles. The van der Waals surface area contributed by atoms with Crippen molar-refractivity contribution in [3.63, 3.8) is 0 Å². The van der Waals surface area contributed by atoms with Crippen LogP contribution >= 0.6 is 0 Å². The molecule has 2 aromatic rings. The maximum atomic E-state index is 11.3. The monoisotopic (exact) mass is 349 g/mol. The van der Waals surface area contributed by atoms with E-state index in [1.165, 1.54) is 20.2 Å². The number of carbonyl (C=O) groups excluding carboxylic acids is 2. The molecule has 3 rings (SSSR count). The Balaban J connectivity index is 1.75. The standard InChI is InChI=1S/C15H19N5O5/c1-8(21)23-5-11(24-9(2)22)10-3-4-12(25-10)20-7-19-13-14(16)17-6-18-15(13)20/h6-7,10-12H,3-5H2,1-2H3,(H2,16,17,18)/t10-,11+,12+/m0/s1. The average molecular weight is 349 g/mol. The fourth-order valence-electron chi connectivity index (χ4n) is 2.83. The molecule has 25 heavy (non-hydrogen) atoms. The van der Waals surface area contributed by atoms with E-state index in [4.69, 9.17) is 19.9 Å². The molecule has 2 aromatic heterocycles. The van der Waals surface area contributed by atoms with E-state index in [-0.39, 0.29) is 12.8 Å². The van der Waals surface area contributed by atoms with Gasteiger partial charge >= 0.3 is 11.9 Å². The summed E-state index contributed by atoms with van der Waals surface area (Å²) in [6, 6.07) is 0. The van der Waals surface area contributed by atoms with Crippen LogP contribution in [0.4, 0.5) is 5.82 Å². The molecule has 3 atom stereocenters. The van der Waals surface area contributed by atoms with Crippen LogP contribution < -0.4 is 5.73 Å². The molecule has 1 fully saturated rings. The summed E-state index contributed by atoms with van der Waals surface area (Å²) in [7, 11) is 0. The summed E-state index contributed by atoms with van der Waals surface area (Å²) in [5.41, 5.74) is 6.87. The topological polar surface area (TPSA) is 131 Å². The van der Waals surface area contributed by atoms with Crippen molar-refractivity contribution in [3.05, 3.63) is 12.7 Å². The van der Waals surface area contributed by atoms with E-state index in [1.807, 2.05) is 0 Å². The lowest BCUT2D eigenvalue weighted by Gasteiger charge is -2.23. The molecule has 1 saturated heterocycles. The Morgan fingerprint density at radius 1 is 1.32 bits per heavy atom. The Hall–Kier alpha value is -2.75. The minimum absolute atomic E-state index is 0.0495. The van der Waals surface area contributed by atoms with Gasteiger partial charge in [0.05, 0.1) is 6.33 Å². The van der Waals surface area contributed by atoms with Gasteiger partial charge in [0.15, 0.2) is 17.6 Å². The molecule has 1 aliphatic heterocycles. The molecular formula is C15H19N5O5. The van der Waals surface area contributed by atoms with Gasteiger partial charge in [-0.2, -0.15) is 0 Å². The van der Waals surface area contributed by atoms with Gasteiger partial charge in [0.2, 0.25) is 0 Å². The summed E-state index contributed by atoms with van der Waals surface area (Å²) in [6.45, 7) is 2.55. The number of rotatable bonds is 5. The van der Waals surface area contributed by atoms with Crippen LogP contribution in [0.15, 0.2) is 12.7 Å². The Kier molecular flexibility index (Phi) is 4.79. The normalized spacial score (nSPS) is 21.2. The van der Waals surface area contributed by atoms with Gasteiger partial charge in [-0.15, -0.1) is 0 Å². The minimum atomic E-state index is -0.666. The minimum Gasteiger partial charge on any atom is -0.462 e. The number of nitrogens with two attached hydrogens (primary N) is 1. The van der Waals surface area contributed by atoms with Crippen LogP contribution in [0.5, 0.6) is 0 Å². The molecule has 0 spiro atoms. The Morgan fingerprint density at radius 2 is 2.12 bits per heavy atom. The van der Waals surface area contributed by atoms with Gasteiger partial charge in [0.25, 0.3) is 0 Å². The summed E-state index contributed by atoms with van der Waals surface area (Å²) >= 11 is 0. The highest BCUT2D eigenvalue weighted by atomic mass is 16.6. The van der Waals surface area contributed by atoms with Crippen LogP contribution in [0.2, 0.25) is 0 Å². The van der Waals surface area contributed by atoms with Crippen molar-refractivity contribution in [2.45, 2.75) is 45.1 Å². The molecule has 0 aromatic carbocycles. The molecule has 2 N–H and O–H groups in total.